The van der Waals surface area contributed by atoms with Crippen LogP contribution in [0.2, 0.25) is 0 Å². The number of nitrogens with one attached hydrogen (secondary N) is 2. The molecule has 8 heteroatoms. The number of rotatable bonds is 4. The largest absolute Gasteiger partial charge is 0.346 e. The number of carbonyl (C=O) groups is 2. The van der Waals surface area contributed by atoms with E-state index in [1.54, 1.807) is 0 Å². The van der Waals surface area contributed by atoms with Gasteiger partial charge < -0.3 is 10.6 Å². The van der Waals surface area contributed by atoms with E-state index in [-0.39, 0.29) is 18.1 Å². The van der Waals surface area contributed by atoms with E-state index in [0.717, 1.165) is 10.7 Å². The van der Waals surface area contributed by atoms with Gasteiger partial charge in [-0.3, -0.25) is 9.69 Å². The zero-order chi connectivity index (χ0) is 16.4. The van der Waals surface area contributed by atoms with Crippen LogP contribution in [0.4, 0.5) is 14.9 Å². The first kappa shape index (κ1) is 15.4. The summed E-state index contributed by atoms with van der Waals surface area (Å²) in [7, 11) is 0. The normalized spacial score (nSPS) is 14.0. The predicted molar refractivity (Wildman–Crippen MR) is 85.2 cm³/mol. The van der Waals surface area contributed by atoms with E-state index in [1.165, 1.54) is 34.4 Å². The lowest BCUT2D eigenvalue weighted by atomic mass is 10.1. The third-order valence-corrected chi connectivity index (χ3v) is 4.28. The second kappa shape index (κ2) is 6.33. The first-order valence-electron chi connectivity index (χ1n) is 7.09. The van der Waals surface area contributed by atoms with Crippen molar-refractivity contribution in [3.8, 4) is 0 Å². The van der Waals surface area contributed by atoms with Gasteiger partial charge in [-0.05, 0) is 25.1 Å². The molecule has 6 nitrogen and oxygen atoms in total. The minimum absolute atomic E-state index is 0.0887. The van der Waals surface area contributed by atoms with Crippen molar-refractivity contribution in [2.24, 2.45) is 0 Å². The molecule has 3 amide bonds. The first-order valence-corrected chi connectivity index (χ1v) is 7.96. The Bertz CT molecular complexity index is 762. The Balaban J connectivity index is 1.75. The van der Waals surface area contributed by atoms with Crippen molar-refractivity contribution < 1.29 is 14.0 Å². The molecule has 1 aliphatic heterocycles. The van der Waals surface area contributed by atoms with Crippen molar-refractivity contribution in [1.29, 1.82) is 0 Å². The number of amides is 3. The smallest absolute Gasteiger partial charge is 0.321 e. The third-order valence-electron chi connectivity index (χ3n) is 3.46. The molecule has 0 bridgehead atoms. The van der Waals surface area contributed by atoms with E-state index in [4.69, 9.17) is 0 Å². The van der Waals surface area contributed by atoms with E-state index in [2.05, 4.69) is 15.6 Å². The molecule has 2 aromatic rings. The molecule has 1 saturated heterocycles. The van der Waals surface area contributed by atoms with Crippen LogP contribution in [-0.4, -0.2) is 30.0 Å². The van der Waals surface area contributed by atoms with Crippen LogP contribution < -0.4 is 15.5 Å². The van der Waals surface area contributed by atoms with Crippen molar-refractivity contribution >= 4 is 29.0 Å². The Kier molecular flexibility index (Phi) is 4.24. The molecule has 1 aromatic carbocycles. The van der Waals surface area contributed by atoms with Crippen LogP contribution in [-0.2, 0) is 6.54 Å². The van der Waals surface area contributed by atoms with Gasteiger partial charge in [-0.1, -0.05) is 0 Å². The number of aromatic nitrogens is 1. The Morgan fingerprint density at radius 3 is 3.00 bits per heavy atom. The summed E-state index contributed by atoms with van der Waals surface area (Å²) in [6.45, 7) is 3.13. The quantitative estimate of drug-likeness (QED) is 0.899. The summed E-state index contributed by atoms with van der Waals surface area (Å²) in [4.78, 5) is 29.6. The average molecular weight is 334 g/mol. The van der Waals surface area contributed by atoms with Gasteiger partial charge in [0.2, 0.25) is 0 Å². The lowest BCUT2D eigenvalue weighted by molar-refractivity contribution is 0.0946. The molecule has 0 atom stereocenters. The molecular formula is C15H15FN4O2S. The number of aryl methyl sites for hydroxylation is 1. The van der Waals surface area contributed by atoms with Gasteiger partial charge in [0.15, 0.2) is 0 Å². The fraction of sp³-hybridized carbons (Fsp3) is 0.267. The summed E-state index contributed by atoms with van der Waals surface area (Å²) in [6.07, 6.45) is 0. The molecule has 23 heavy (non-hydrogen) atoms. The van der Waals surface area contributed by atoms with Crippen molar-refractivity contribution in [3.05, 3.63) is 45.7 Å². The predicted octanol–water partition coefficient (Wildman–Crippen LogP) is 2.05. The number of thiazole rings is 1. The number of carbonyl (C=O) groups excluding carboxylic acids is 2. The molecule has 0 spiro atoms. The third kappa shape index (κ3) is 3.31. The molecule has 2 heterocycles. The molecule has 1 fully saturated rings. The topological polar surface area (TPSA) is 74.3 Å². The zero-order valence-electron chi connectivity index (χ0n) is 12.4. The number of urea groups is 1. The molecule has 2 N–H and O–H groups in total. The molecule has 0 radical (unpaired) electrons. The maximum Gasteiger partial charge on any atom is 0.321 e. The molecule has 0 aliphatic carbocycles. The summed E-state index contributed by atoms with van der Waals surface area (Å²) < 4.78 is 13.9. The maximum absolute atomic E-state index is 13.9. The van der Waals surface area contributed by atoms with Gasteiger partial charge in [0.25, 0.3) is 5.91 Å². The highest BCUT2D eigenvalue weighted by molar-refractivity contribution is 7.09. The van der Waals surface area contributed by atoms with Crippen molar-refractivity contribution in [1.82, 2.24) is 15.6 Å². The van der Waals surface area contributed by atoms with Crippen LogP contribution in [0.5, 0.6) is 0 Å². The summed E-state index contributed by atoms with van der Waals surface area (Å²) >= 11 is 1.49. The highest BCUT2D eigenvalue weighted by Gasteiger charge is 2.23. The van der Waals surface area contributed by atoms with E-state index in [1.807, 2.05) is 12.3 Å². The second-order valence-corrected chi connectivity index (χ2v) is 6.15. The number of hydrogen-bond donors (Lipinski definition) is 2. The molecule has 120 valence electrons. The number of halogens is 1. The lowest BCUT2D eigenvalue weighted by Gasteiger charge is -2.15. The number of nitrogens with zero attached hydrogens (tertiary/aromatic N) is 2. The summed E-state index contributed by atoms with van der Waals surface area (Å²) in [5, 5.41) is 8.06. The van der Waals surface area contributed by atoms with E-state index in [9.17, 15) is 14.0 Å². The Hall–Kier alpha value is -2.48. The van der Waals surface area contributed by atoms with E-state index >= 15 is 0 Å². The number of benzene rings is 1. The Morgan fingerprint density at radius 1 is 1.52 bits per heavy atom. The van der Waals surface area contributed by atoms with Gasteiger partial charge in [-0.2, -0.15) is 0 Å². The van der Waals surface area contributed by atoms with E-state index in [0.29, 0.717) is 18.8 Å². The fourth-order valence-corrected chi connectivity index (χ4v) is 2.94. The van der Waals surface area contributed by atoms with Crippen LogP contribution >= 0.6 is 11.3 Å². The van der Waals surface area contributed by atoms with Crippen molar-refractivity contribution in [2.45, 2.75) is 13.5 Å². The Morgan fingerprint density at radius 2 is 2.35 bits per heavy atom. The van der Waals surface area contributed by atoms with Gasteiger partial charge in [0.1, 0.15) is 5.82 Å². The van der Waals surface area contributed by atoms with Gasteiger partial charge >= 0.3 is 6.03 Å². The molecule has 1 aliphatic rings. The molecule has 0 saturated carbocycles. The summed E-state index contributed by atoms with van der Waals surface area (Å²) in [5.41, 5.74) is 1.14. The van der Waals surface area contributed by atoms with E-state index < -0.39 is 11.7 Å². The standard InChI is InChI=1S/C15H15FN4O2S/c1-9-19-10(8-23-9)7-18-14(21)12-6-11(2-3-13(12)16)20-5-4-17-15(20)22/h2-3,6,8H,4-5,7H2,1H3,(H,17,22)(H,18,21). The average Bonchev–Trinajstić information content (AvgIpc) is 3.14. The van der Waals surface area contributed by atoms with Gasteiger partial charge in [0, 0.05) is 24.2 Å². The molecular weight excluding hydrogens is 319 g/mol. The second-order valence-electron chi connectivity index (χ2n) is 5.09. The highest BCUT2D eigenvalue weighted by atomic mass is 32.1. The fourth-order valence-electron chi connectivity index (χ4n) is 2.33. The molecule has 0 unspecified atom stereocenters. The maximum atomic E-state index is 13.9. The van der Waals surface area contributed by atoms with Crippen molar-refractivity contribution in [2.75, 3.05) is 18.0 Å². The minimum Gasteiger partial charge on any atom is -0.346 e. The number of anilines is 1. The lowest BCUT2D eigenvalue weighted by Crippen LogP contribution is -2.29. The number of hydrogen-bond acceptors (Lipinski definition) is 4. The van der Waals surface area contributed by atoms with Gasteiger partial charge in [-0.25, -0.2) is 14.2 Å². The van der Waals surface area contributed by atoms with Crippen LogP contribution in [0.1, 0.15) is 21.1 Å². The Labute approximate surface area is 136 Å². The van der Waals surface area contributed by atoms with Gasteiger partial charge in [0.05, 0.1) is 22.8 Å². The minimum atomic E-state index is -0.625. The zero-order valence-corrected chi connectivity index (χ0v) is 13.2. The van der Waals surface area contributed by atoms with Crippen LogP contribution in [0.15, 0.2) is 23.6 Å². The van der Waals surface area contributed by atoms with Crippen molar-refractivity contribution in [3.63, 3.8) is 0 Å². The summed E-state index contributed by atoms with van der Waals surface area (Å²) in [5.74, 6) is -1.16. The summed E-state index contributed by atoms with van der Waals surface area (Å²) in [6, 6.07) is 3.83. The van der Waals surface area contributed by atoms with Gasteiger partial charge in [-0.15, -0.1) is 11.3 Å². The molecule has 3 rings (SSSR count). The van der Waals surface area contributed by atoms with Crippen LogP contribution in [0.3, 0.4) is 0 Å². The molecule has 1 aromatic heterocycles. The SMILES string of the molecule is Cc1nc(CNC(=O)c2cc(N3CCNC3=O)ccc2F)cs1. The monoisotopic (exact) mass is 334 g/mol. The highest BCUT2D eigenvalue weighted by Crippen LogP contribution is 2.20. The van der Waals surface area contributed by atoms with Crippen LogP contribution in [0, 0.1) is 12.7 Å². The first-order chi connectivity index (χ1) is 11.0. The van der Waals surface area contributed by atoms with Crippen LogP contribution in [0.25, 0.3) is 0 Å².